The van der Waals surface area contributed by atoms with E-state index in [1.807, 2.05) is 0 Å². The number of hydrogen-bond acceptors (Lipinski definition) is 47. The fourth-order valence-corrected chi connectivity index (χ4v) is 20.1. The molecule has 18 rings (SSSR count). The quantitative estimate of drug-likeness (QED) is 0.0129. The number of rotatable bonds is 36. The fourth-order valence-electron chi connectivity index (χ4n) is 16.7. The molecule has 12 fully saturated rings. The maximum Gasteiger partial charge on any atom is 0.418 e. The molecule has 148 heavy (non-hydrogen) atoms. The summed E-state index contributed by atoms with van der Waals surface area (Å²) in [5, 5.41) is 14.8. The van der Waals surface area contributed by atoms with Crippen molar-refractivity contribution in [3.8, 4) is 0 Å². The number of aryl methyl sites for hydroxylation is 3. The molecule has 0 saturated carbocycles. The highest BCUT2D eigenvalue weighted by Crippen LogP contribution is 2.38. The van der Waals surface area contributed by atoms with Crippen molar-refractivity contribution < 1.29 is 195 Å². The summed E-state index contributed by atoms with van der Waals surface area (Å²) >= 11 is 2.63. The van der Waals surface area contributed by atoms with E-state index in [0.717, 1.165) is 10.6 Å². The lowest BCUT2D eigenvalue weighted by atomic mass is 10.0. The van der Waals surface area contributed by atoms with Gasteiger partial charge in [-0.1, -0.05) is 5.21 Å². The van der Waals surface area contributed by atoms with E-state index in [9.17, 15) is 108 Å². The second-order valence-corrected chi connectivity index (χ2v) is 40.8. The topological polar surface area (TPSA) is 897 Å². The van der Waals surface area contributed by atoms with Crippen LogP contribution in [0.4, 0.5) is 33.9 Å². The first-order valence-corrected chi connectivity index (χ1v) is 53.0. The Kier molecular flexibility index (Phi) is 36.3. The van der Waals surface area contributed by atoms with Gasteiger partial charge in [0.05, 0.1) is 89.6 Å². The lowest BCUT2D eigenvalue weighted by molar-refractivity contribution is -0.140. The maximum atomic E-state index is 12.3. The van der Waals surface area contributed by atoms with E-state index in [2.05, 4.69) is 93.8 Å². The van der Waals surface area contributed by atoms with E-state index in [1.165, 1.54) is 64.5 Å². The number of urea groups is 6. The van der Waals surface area contributed by atoms with Crippen LogP contribution >= 0.6 is 22.7 Å². The van der Waals surface area contributed by atoms with Crippen LogP contribution in [0.15, 0.2) is 64.6 Å². The third-order valence-electron chi connectivity index (χ3n) is 23.0. The summed E-state index contributed by atoms with van der Waals surface area (Å²) in [7, 11) is -23.6. The van der Waals surface area contributed by atoms with E-state index >= 15 is 0 Å². The third kappa shape index (κ3) is 30.1. The summed E-state index contributed by atoms with van der Waals surface area (Å²) in [6, 6.07) is -13.1. The van der Waals surface area contributed by atoms with Crippen LogP contribution in [0.3, 0.4) is 0 Å². The summed E-state index contributed by atoms with van der Waals surface area (Å²) in [6.07, 6.45) is 14.5. The van der Waals surface area contributed by atoms with Crippen LogP contribution < -0.4 is 38.6 Å². The van der Waals surface area contributed by atoms with Gasteiger partial charge in [0.25, 0.3) is 35.4 Å². The molecule has 6 aromatic rings. The molecular formula is C68H93N29O43S8. The van der Waals surface area contributed by atoms with Crippen LogP contribution in [0.5, 0.6) is 0 Å². The normalized spacial score (nSPS) is 23.3. The number of fused-ring (bicyclic) bond motifs is 12. The van der Waals surface area contributed by atoms with Gasteiger partial charge in [0.1, 0.15) is 93.5 Å². The standard InChI is InChI=1S/2C12H17N5O7S.C11H16N6O7S.C11H15N5O7S2.C11H14N4O8S.C11H14N4O7S2/c1-15-4-8(13-7-15)6-23-14-11(18)10-3-2-9-5-16(10)12(19)17(9)24-25(20,21)22;1-15-7-13-4-9(15)6-23-14-11(18)10-3-2-8-5-16(10)12(19)17(8)24-25(20,21)22;1-15-4-7(12-14-15)6-23-13-10(18)9-3-2-8-5-16(9)11(19)17(8)24-25(20,21)22;12-10-13-6(5-24-10)4-22-14-9(17)8-2-1-7-3-15(8)11(18)16(7)23-25(19,20)21;16-10(13-22-5-7-4-21-6-12-7)9-2-1-8-3-14(9)11(17)15(8)23-24(18,19)20;16-10(13-21-4-7-5-23-6-12-7)9-2-1-8-3-14(9)11(17)15(8)22-24(18,19)20/h4,7,9-10H,2-3,5-6H2,1H3,(H,14,18)(H,20,21,22);4,7-8,10H,2-3,5-6H2,1H3,(H,14,18)(H,20,21,22);4,8-9H,2-3,5-6H2,1H3,(H,13,18)(H,20,21,22);5,7-8H,1-4H2,(H2,12,13)(H,14,17)(H,19,20,21);4,6,8-9H,1-3,5H2,(H,13,16)(H,18,19,20);5-6,8-9H,1-4H2,(H,13,16)(H,18,19,20)/t9-,10+;8-,10+;8-,9+;7-,8+;2*8-,9+/m111111/s1. The van der Waals surface area contributed by atoms with Crippen molar-refractivity contribution in [2.75, 3.05) is 45.0 Å². The highest BCUT2D eigenvalue weighted by Gasteiger charge is 2.56. The molecule has 0 aliphatic carbocycles. The molecule has 12 bridgehead atoms. The smallest absolute Gasteiger partial charge is 0.418 e. The van der Waals surface area contributed by atoms with Crippen molar-refractivity contribution in [3.63, 3.8) is 0 Å². The zero-order valence-corrected chi connectivity index (χ0v) is 83.2. The monoisotopic (exact) mass is 2260 g/mol. The van der Waals surface area contributed by atoms with E-state index in [4.69, 9.17) is 66.5 Å². The molecule has 18 amide bonds. The average Bonchev–Trinajstić information content (AvgIpc) is 1.65. The number of nitrogens with two attached hydrogens (primary N) is 1. The third-order valence-corrected chi connectivity index (χ3v) is 26.5. The molecule has 72 nitrogen and oxygen atoms in total. The van der Waals surface area contributed by atoms with Crippen molar-refractivity contribution >= 4 is 162 Å². The van der Waals surface area contributed by atoms with E-state index < -0.39 is 207 Å². The largest absolute Gasteiger partial charge is 0.451 e. The van der Waals surface area contributed by atoms with E-state index in [1.54, 1.807) is 77.8 Å². The minimum Gasteiger partial charge on any atom is -0.451 e. The first-order valence-electron chi connectivity index (χ1n) is 43.0. The molecule has 0 unspecified atom stereocenters. The Hall–Kier alpha value is -12.7. The second-order valence-electron chi connectivity index (χ2n) is 33.1. The number of nitrogens with zero attached hydrogens (tertiary/aromatic N) is 22. The van der Waals surface area contributed by atoms with Gasteiger partial charge in [0, 0.05) is 77.4 Å². The zero-order chi connectivity index (χ0) is 107. The van der Waals surface area contributed by atoms with Crippen molar-refractivity contribution in [2.24, 2.45) is 21.1 Å². The minimum absolute atomic E-state index is 0.000857. The Morgan fingerprint density at radius 3 is 0.939 bits per heavy atom. The van der Waals surface area contributed by atoms with Crippen LogP contribution in [-0.4, -0.2) is 370 Å². The number of amides is 18. The molecule has 816 valence electrons. The predicted molar refractivity (Wildman–Crippen MR) is 470 cm³/mol. The number of carbonyl (C=O) groups is 12. The van der Waals surface area contributed by atoms with Crippen molar-refractivity contribution in [1.29, 1.82) is 0 Å². The van der Waals surface area contributed by atoms with Gasteiger partial charge < -0.3 is 48.7 Å². The molecule has 12 saturated heterocycles. The molecule has 0 aromatic carbocycles. The molecule has 12 atom stereocenters. The summed E-state index contributed by atoms with van der Waals surface area (Å²) < 4.78 is 218. The van der Waals surface area contributed by atoms with Gasteiger partial charge in [-0.3, -0.25) is 89.8 Å². The zero-order valence-electron chi connectivity index (χ0n) is 76.6. The number of anilines is 1. The molecular weight excluding hydrogens is 2170 g/mol. The first kappa shape index (κ1) is 112. The van der Waals surface area contributed by atoms with Crippen LogP contribution in [0.25, 0.3) is 0 Å². The van der Waals surface area contributed by atoms with Gasteiger partial charge in [0.2, 0.25) is 0 Å². The Morgan fingerprint density at radius 1 is 0.385 bits per heavy atom. The number of piperidine rings is 6. The summed E-state index contributed by atoms with van der Waals surface area (Å²) in [5.74, 6) is -3.24. The summed E-state index contributed by atoms with van der Waals surface area (Å²) in [4.78, 5) is 204. The Labute approximate surface area is 843 Å². The Bertz CT molecular complexity index is 6120. The van der Waals surface area contributed by atoms with Crippen LogP contribution in [0.1, 0.15) is 111 Å². The van der Waals surface area contributed by atoms with Crippen LogP contribution in [0.2, 0.25) is 0 Å². The molecule has 14 N–H and O–H groups in total. The predicted octanol–water partition coefficient (Wildman–Crippen LogP) is -5.50. The molecule has 12 aliphatic rings. The molecule has 18 heterocycles. The summed E-state index contributed by atoms with van der Waals surface area (Å²) in [6.45, 7) is 0.944. The summed E-state index contributed by atoms with van der Waals surface area (Å²) in [5.41, 5.74) is 24.2. The number of nitrogens with one attached hydrogen (secondary N) is 6. The van der Waals surface area contributed by atoms with Crippen molar-refractivity contribution in [3.05, 3.63) is 94.3 Å². The number of hydrogen-bond donors (Lipinski definition) is 13. The molecule has 12 aliphatic heterocycles. The van der Waals surface area contributed by atoms with Crippen LogP contribution in [0, 0.1) is 0 Å². The van der Waals surface area contributed by atoms with Gasteiger partial charge in [-0.15, -0.1) is 53.5 Å². The highest BCUT2D eigenvalue weighted by atomic mass is 32.3. The number of carbonyl (C=O) groups excluding carboxylic acids is 12. The highest BCUT2D eigenvalue weighted by molar-refractivity contribution is 7.82. The lowest BCUT2D eigenvalue weighted by Crippen LogP contribution is -2.49. The van der Waals surface area contributed by atoms with Gasteiger partial charge in [-0.25, -0.2) is 86.6 Å². The van der Waals surface area contributed by atoms with Crippen molar-refractivity contribution in [1.82, 2.24) is 142 Å². The number of oxazole rings is 1. The number of imidazole rings is 2. The molecule has 80 heteroatoms. The van der Waals surface area contributed by atoms with Gasteiger partial charge >= 0.3 is 98.6 Å². The average molecular weight is 2260 g/mol. The lowest BCUT2D eigenvalue weighted by Gasteiger charge is -2.28. The first-order chi connectivity index (χ1) is 69.7. The number of thiazole rings is 2. The fraction of sp³-hybridized carbons (Fsp3) is 0.574. The van der Waals surface area contributed by atoms with Gasteiger partial charge in [-0.05, 0) is 77.0 Å². The van der Waals surface area contributed by atoms with E-state index in [0.29, 0.717) is 141 Å². The van der Waals surface area contributed by atoms with Crippen molar-refractivity contribution in [2.45, 2.75) is 189 Å². The number of hydroxylamine groups is 18. The molecule has 0 radical (unpaired) electrons. The maximum absolute atomic E-state index is 12.3. The van der Waals surface area contributed by atoms with Gasteiger partial charge in [-0.2, -0.15) is 80.9 Å². The Balaban J connectivity index is 0.000000148. The number of nitrogen functional groups attached to an aromatic ring is 1. The molecule has 0 spiro atoms. The molecule has 6 aromatic heterocycles. The second kappa shape index (κ2) is 47.8. The number of aromatic nitrogens is 10. The SMILES string of the molecule is Cn1cc(CONC(=O)[C@@H]2CC[C@@H]3CN2C(=O)N3OS(=O)(=O)O)nn1.Cn1cnc(CONC(=O)[C@@H]2CC[C@@H]3CN2C(=O)N3OS(=O)(=O)O)c1.Cn1cncc1CONC(=O)[C@@H]1CC[C@@H]2CN1C(=O)N2OS(=O)(=O)O.Nc1nc(CONC(=O)[C@@H]2CC[C@@H]3CN2C(=O)N3OS(=O)(=O)O)cs1.O=C(NOCc1cocn1)[C@@H]1CC[C@@H]2CN1C(=O)N2OS(=O)(=O)O.O=C(NOCc1cscn1)[C@@H]1CC[C@@H]2CN1C(=O)N2OS(=O)(=O)O. The minimum atomic E-state index is -4.82. The Morgan fingerprint density at radius 2 is 0.689 bits per heavy atom. The van der Waals surface area contributed by atoms with E-state index in [-0.39, 0.29) is 78.9 Å². The van der Waals surface area contributed by atoms with Gasteiger partial charge in [0.15, 0.2) is 11.5 Å². The van der Waals surface area contributed by atoms with Crippen LogP contribution in [-0.2, 0) is 207 Å².